The molecule has 9 heteroatoms. The molecular weight excluding hydrogens is 623 g/mol. The number of aryl methyl sites for hydroxylation is 2. The lowest BCUT2D eigenvalue weighted by atomic mass is 10.0. The van der Waals surface area contributed by atoms with Gasteiger partial charge in [-0.3, -0.25) is 13.9 Å². The minimum atomic E-state index is -4.20. The van der Waals surface area contributed by atoms with E-state index in [-0.39, 0.29) is 29.8 Å². The SMILES string of the molecule is CCOc1ccc(S(=O)(=O)N(CC(=O)N(Cc2ccccc2C)[C@@H](Cc2ccccc2)C(=O)NC2CCCC2)c2ccc(C)cc2)cc1. The summed E-state index contributed by atoms with van der Waals surface area (Å²) in [6.45, 7) is 5.85. The van der Waals surface area contributed by atoms with E-state index in [1.54, 1.807) is 29.2 Å². The first-order valence-electron chi connectivity index (χ1n) is 16.7. The van der Waals surface area contributed by atoms with Crippen molar-refractivity contribution in [3.05, 3.63) is 125 Å². The third-order valence-corrected chi connectivity index (χ3v) is 10.7. The zero-order chi connectivity index (χ0) is 34.1. The van der Waals surface area contributed by atoms with Gasteiger partial charge in [-0.25, -0.2) is 8.42 Å². The summed E-state index contributed by atoms with van der Waals surface area (Å²) >= 11 is 0. The van der Waals surface area contributed by atoms with E-state index in [1.165, 1.54) is 12.1 Å². The first-order valence-corrected chi connectivity index (χ1v) is 18.1. The van der Waals surface area contributed by atoms with E-state index in [1.807, 2.05) is 87.5 Å². The van der Waals surface area contributed by atoms with Crippen LogP contribution in [-0.2, 0) is 32.6 Å². The number of nitrogens with zero attached hydrogens (tertiary/aromatic N) is 2. The molecule has 0 heterocycles. The molecule has 1 fully saturated rings. The molecule has 48 heavy (non-hydrogen) atoms. The molecule has 0 aliphatic heterocycles. The number of sulfonamides is 1. The number of benzene rings is 4. The summed E-state index contributed by atoms with van der Waals surface area (Å²) in [5, 5.41) is 3.22. The minimum absolute atomic E-state index is 0.0320. The summed E-state index contributed by atoms with van der Waals surface area (Å²) in [4.78, 5) is 30.5. The molecule has 1 atom stereocenters. The molecular formula is C39H45N3O5S. The zero-order valence-electron chi connectivity index (χ0n) is 28.0. The lowest BCUT2D eigenvalue weighted by molar-refractivity contribution is -0.140. The zero-order valence-corrected chi connectivity index (χ0v) is 28.8. The highest BCUT2D eigenvalue weighted by Crippen LogP contribution is 2.27. The van der Waals surface area contributed by atoms with Crippen LogP contribution in [-0.4, -0.2) is 50.4 Å². The highest BCUT2D eigenvalue weighted by molar-refractivity contribution is 7.92. The molecule has 4 aromatic carbocycles. The average Bonchev–Trinajstić information content (AvgIpc) is 3.60. The van der Waals surface area contributed by atoms with Crippen molar-refractivity contribution in [3.8, 4) is 5.75 Å². The lowest BCUT2D eigenvalue weighted by Gasteiger charge is -2.34. The van der Waals surface area contributed by atoms with Gasteiger partial charge in [0.2, 0.25) is 11.8 Å². The highest BCUT2D eigenvalue weighted by Gasteiger charge is 2.35. The van der Waals surface area contributed by atoms with Gasteiger partial charge < -0.3 is 15.0 Å². The molecule has 8 nitrogen and oxygen atoms in total. The second-order valence-corrected chi connectivity index (χ2v) is 14.3. The summed E-state index contributed by atoms with van der Waals surface area (Å²) in [5.74, 6) is -0.157. The Bertz CT molecular complexity index is 1770. The minimum Gasteiger partial charge on any atom is -0.494 e. The highest BCUT2D eigenvalue weighted by atomic mass is 32.2. The Hall–Kier alpha value is -4.63. The monoisotopic (exact) mass is 667 g/mol. The fourth-order valence-electron chi connectivity index (χ4n) is 6.13. The molecule has 0 unspecified atom stereocenters. The fourth-order valence-corrected chi connectivity index (χ4v) is 7.55. The van der Waals surface area contributed by atoms with Crippen molar-refractivity contribution in [3.63, 3.8) is 0 Å². The molecule has 1 aliphatic rings. The maximum absolute atomic E-state index is 14.7. The smallest absolute Gasteiger partial charge is 0.264 e. The summed E-state index contributed by atoms with van der Waals surface area (Å²) in [7, 11) is -4.20. The van der Waals surface area contributed by atoms with Crippen LogP contribution in [0.25, 0.3) is 0 Å². The molecule has 2 amide bonds. The van der Waals surface area contributed by atoms with Gasteiger partial charge in [0, 0.05) is 19.0 Å². The van der Waals surface area contributed by atoms with Crippen LogP contribution in [0, 0.1) is 13.8 Å². The van der Waals surface area contributed by atoms with E-state index in [2.05, 4.69) is 5.32 Å². The van der Waals surface area contributed by atoms with E-state index >= 15 is 0 Å². The number of carbonyl (C=O) groups excluding carboxylic acids is 2. The van der Waals surface area contributed by atoms with Crippen molar-refractivity contribution in [2.24, 2.45) is 0 Å². The number of anilines is 1. The van der Waals surface area contributed by atoms with Crippen LogP contribution in [0.5, 0.6) is 5.75 Å². The standard InChI is InChI=1S/C39H45N3O5S/c1-4-47-35-22-24-36(25-23-35)48(45,46)42(34-20-18-29(2)19-21-34)28-38(43)41(27-32-15-9-8-12-30(32)3)37(26-31-13-6-5-7-14-31)39(44)40-33-16-10-11-17-33/h5-9,12-15,18-25,33,37H,4,10-11,16-17,26-28H2,1-3H3,(H,40,44)/t37-/m0/s1. The van der Waals surface area contributed by atoms with E-state index < -0.39 is 28.5 Å². The first-order chi connectivity index (χ1) is 23.2. The molecule has 0 spiro atoms. The quantitative estimate of drug-likeness (QED) is 0.164. The number of ether oxygens (including phenoxy) is 1. The molecule has 0 bridgehead atoms. The van der Waals surface area contributed by atoms with Crippen molar-refractivity contribution in [1.29, 1.82) is 0 Å². The third kappa shape index (κ3) is 8.63. The van der Waals surface area contributed by atoms with Crippen molar-refractivity contribution < 1.29 is 22.7 Å². The molecule has 1 aliphatic carbocycles. The van der Waals surface area contributed by atoms with Gasteiger partial charge in [-0.15, -0.1) is 0 Å². The molecule has 4 aromatic rings. The molecule has 0 saturated heterocycles. The van der Waals surface area contributed by atoms with Gasteiger partial charge in [0.05, 0.1) is 17.2 Å². The summed E-state index contributed by atoms with van der Waals surface area (Å²) in [6.07, 6.45) is 4.19. The number of nitrogens with one attached hydrogen (secondary N) is 1. The van der Waals surface area contributed by atoms with Gasteiger partial charge in [0.1, 0.15) is 18.3 Å². The Labute approximate surface area is 284 Å². The van der Waals surface area contributed by atoms with Crippen molar-refractivity contribution >= 4 is 27.5 Å². The lowest BCUT2D eigenvalue weighted by Crippen LogP contribution is -2.54. The maximum atomic E-state index is 14.7. The van der Waals surface area contributed by atoms with E-state index in [0.29, 0.717) is 18.0 Å². The maximum Gasteiger partial charge on any atom is 0.264 e. The molecule has 0 radical (unpaired) electrons. The average molecular weight is 668 g/mol. The van der Waals surface area contributed by atoms with Crippen molar-refractivity contribution in [1.82, 2.24) is 10.2 Å². The predicted octanol–water partition coefficient (Wildman–Crippen LogP) is 6.60. The number of rotatable bonds is 14. The van der Waals surface area contributed by atoms with Crippen molar-refractivity contribution in [2.45, 2.75) is 76.4 Å². The Morgan fingerprint density at radius 2 is 1.50 bits per heavy atom. The third-order valence-electron chi connectivity index (χ3n) is 8.90. The van der Waals surface area contributed by atoms with Gasteiger partial charge in [-0.2, -0.15) is 0 Å². The molecule has 5 rings (SSSR count). The molecule has 252 valence electrons. The van der Waals surface area contributed by atoms with Crippen LogP contribution in [0.3, 0.4) is 0 Å². The van der Waals surface area contributed by atoms with Gasteiger partial charge in [-0.1, -0.05) is 85.1 Å². The first kappa shape index (κ1) is 34.7. The largest absolute Gasteiger partial charge is 0.494 e. The van der Waals surface area contributed by atoms with E-state index in [4.69, 9.17) is 4.74 Å². The van der Waals surface area contributed by atoms with Crippen LogP contribution < -0.4 is 14.4 Å². The number of hydrogen-bond acceptors (Lipinski definition) is 5. The topological polar surface area (TPSA) is 96.0 Å². The number of hydrogen-bond donors (Lipinski definition) is 1. The summed E-state index contributed by atoms with van der Waals surface area (Å²) in [6, 6.07) is 29.8. The van der Waals surface area contributed by atoms with Gasteiger partial charge in [-0.05, 0) is 86.7 Å². The van der Waals surface area contributed by atoms with Crippen molar-refractivity contribution in [2.75, 3.05) is 17.5 Å². The van der Waals surface area contributed by atoms with Gasteiger partial charge in [0.15, 0.2) is 0 Å². The van der Waals surface area contributed by atoms with Crippen LogP contribution in [0.1, 0.15) is 54.9 Å². The van der Waals surface area contributed by atoms with Crippen LogP contribution >= 0.6 is 0 Å². The number of amides is 2. The molecule has 0 aromatic heterocycles. The fraction of sp³-hybridized carbons (Fsp3) is 0.333. The second-order valence-electron chi connectivity index (χ2n) is 12.4. The Balaban J connectivity index is 1.56. The van der Waals surface area contributed by atoms with Gasteiger partial charge in [0.25, 0.3) is 10.0 Å². The van der Waals surface area contributed by atoms with Crippen LogP contribution in [0.4, 0.5) is 5.69 Å². The normalized spacial score (nSPS) is 13.9. The Morgan fingerprint density at radius 3 is 2.15 bits per heavy atom. The summed E-state index contributed by atoms with van der Waals surface area (Å²) in [5.41, 5.74) is 4.07. The second kappa shape index (κ2) is 16.0. The molecule has 1 N–H and O–H groups in total. The number of carbonyl (C=O) groups is 2. The van der Waals surface area contributed by atoms with E-state index in [0.717, 1.165) is 52.2 Å². The Kier molecular flexibility index (Phi) is 11.5. The molecule has 1 saturated carbocycles. The van der Waals surface area contributed by atoms with Crippen LogP contribution in [0.2, 0.25) is 0 Å². The predicted molar refractivity (Wildman–Crippen MR) is 189 cm³/mol. The van der Waals surface area contributed by atoms with E-state index in [9.17, 15) is 18.0 Å². The summed E-state index contributed by atoms with van der Waals surface area (Å²) < 4.78 is 35.3. The van der Waals surface area contributed by atoms with Crippen LogP contribution in [0.15, 0.2) is 108 Å². The van der Waals surface area contributed by atoms with Gasteiger partial charge >= 0.3 is 0 Å². The Morgan fingerprint density at radius 1 is 0.854 bits per heavy atom.